The van der Waals surface area contributed by atoms with Crippen LogP contribution in [0.3, 0.4) is 0 Å². The van der Waals surface area contributed by atoms with Crippen molar-refractivity contribution < 1.29 is 22.4 Å². The summed E-state index contributed by atoms with van der Waals surface area (Å²) in [6.07, 6.45) is 0.411. The summed E-state index contributed by atoms with van der Waals surface area (Å²) in [6, 6.07) is 5.03. The first-order valence-corrected chi connectivity index (χ1v) is 5.93. The molecular weight excluding hydrogens is 286 g/mol. The highest BCUT2D eigenvalue weighted by Gasteiger charge is 2.19. The van der Waals surface area contributed by atoms with Crippen molar-refractivity contribution in [3.8, 4) is 11.3 Å². The normalized spacial score (nSPS) is 11.0. The van der Waals surface area contributed by atoms with Gasteiger partial charge in [-0.3, -0.25) is 4.79 Å². The number of rotatable bonds is 2. The van der Waals surface area contributed by atoms with Gasteiger partial charge in [-0.1, -0.05) is 12.1 Å². The third kappa shape index (κ3) is 1.99. The van der Waals surface area contributed by atoms with E-state index in [1.165, 1.54) is 18.2 Å². The number of benzene rings is 2. The number of H-pyrrole nitrogens is 1. The lowest BCUT2D eigenvalue weighted by molar-refractivity contribution is 0.112. The highest BCUT2D eigenvalue weighted by molar-refractivity contribution is 6.04. The molecule has 0 aliphatic rings. The highest BCUT2D eigenvalue weighted by Crippen LogP contribution is 2.32. The predicted octanol–water partition coefficient (Wildman–Crippen LogP) is 4.20. The third-order valence-corrected chi connectivity index (χ3v) is 3.22. The largest absolute Gasteiger partial charge is 0.351 e. The second-order valence-electron chi connectivity index (χ2n) is 4.44. The Bertz CT molecular complexity index is 870. The van der Waals surface area contributed by atoms with E-state index in [1.54, 1.807) is 0 Å². The molecule has 21 heavy (non-hydrogen) atoms. The summed E-state index contributed by atoms with van der Waals surface area (Å²) < 4.78 is 53.8. The monoisotopic (exact) mass is 293 g/mol. The molecule has 2 nitrogen and oxygen atoms in total. The van der Waals surface area contributed by atoms with Crippen molar-refractivity contribution in [3.63, 3.8) is 0 Å². The predicted molar refractivity (Wildman–Crippen MR) is 69.0 cm³/mol. The van der Waals surface area contributed by atoms with Gasteiger partial charge in [-0.25, -0.2) is 17.6 Å². The van der Waals surface area contributed by atoms with Crippen LogP contribution >= 0.6 is 0 Å². The molecule has 2 aromatic carbocycles. The number of hydrogen-bond acceptors (Lipinski definition) is 1. The number of aldehydes is 1. The van der Waals surface area contributed by atoms with Crippen molar-refractivity contribution >= 4 is 17.2 Å². The molecule has 0 saturated heterocycles. The summed E-state index contributed by atoms with van der Waals surface area (Å²) in [6.45, 7) is 0. The minimum atomic E-state index is -1.34. The van der Waals surface area contributed by atoms with Crippen molar-refractivity contribution in [2.75, 3.05) is 0 Å². The molecule has 0 aliphatic heterocycles. The van der Waals surface area contributed by atoms with Crippen LogP contribution in [0.5, 0.6) is 0 Å². The number of fused-ring (bicyclic) bond motifs is 1. The summed E-state index contributed by atoms with van der Waals surface area (Å²) in [4.78, 5) is 13.8. The van der Waals surface area contributed by atoms with Crippen molar-refractivity contribution in [2.24, 2.45) is 0 Å². The molecule has 0 bridgehead atoms. The Kier molecular flexibility index (Phi) is 3.01. The molecule has 0 saturated carbocycles. The van der Waals surface area contributed by atoms with Crippen LogP contribution < -0.4 is 0 Å². The van der Waals surface area contributed by atoms with E-state index in [0.717, 1.165) is 0 Å². The maximum atomic E-state index is 13.8. The topological polar surface area (TPSA) is 32.9 Å². The standard InChI is InChI=1S/C15H7F4NO/c16-10-3-1-2-7-9(6-21)14(20-15(7)10)8-4-12(18)13(19)5-11(8)17/h1-6,20H. The Morgan fingerprint density at radius 2 is 1.62 bits per heavy atom. The lowest BCUT2D eigenvalue weighted by Gasteiger charge is -2.03. The van der Waals surface area contributed by atoms with Gasteiger partial charge in [0, 0.05) is 22.6 Å². The number of nitrogens with one attached hydrogen (secondary N) is 1. The molecule has 0 radical (unpaired) electrons. The Morgan fingerprint density at radius 1 is 0.905 bits per heavy atom. The summed E-state index contributed by atoms with van der Waals surface area (Å²) >= 11 is 0. The van der Waals surface area contributed by atoms with E-state index in [0.29, 0.717) is 18.4 Å². The first-order valence-electron chi connectivity index (χ1n) is 5.93. The van der Waals surface area contributed by atoms with Gasteiger partial charge in [0.15, 0.2) is 17.9 Å². The Balaban J connectivity index is 2.38. The quantitative estimate of drug-likeness (QED) is 0.428. The average molecular weight is 293 g/mol. The van der Waals surface area contributed by atoms with Crippen molar-refractivity contribution in [2.45, 2.75) is 0 Å². The number of halogens is 4. The van der Waals surface area contributed by atoms with Gasteiger partial charge in [0.2, 0.25) is 0 Å². The van der Waals surface area contributed by atoms with Crippen LogP contribution in [-0.2, 0) is 0 Å². The van der Waals surface area contributed by atoms with E-state index in [9.17, 15) is 22.4 Å². The fourth-order valence-electron chi connectivity index (χ4n) is 2.25. The second-order valence-corrected chi connectivity index (χ2v) is 4.44. The van der Waals surface area contributed by atoms with Crippen LogP contribution in [0.2, 0.25) is 0 Å². The zero-order valence-electron chi connectivity index (χ0n) is 10.4. The fourth-order valence-corrected chi connectivity index (χ4v) is 2.25. The first-order chi connectivity index (χ1) is 10.0. The second kappa shape index (κ2) is 4.73. The lowest BCUT2D eigenvalue weighted by Crippen LogP contribution is -1.93. The van der Waals surface area contributed by atoms with Crippen molar-refractivity contribution in [1.29, 1.82) is 0 Å². The molecule has 0 fully saturated rings. The van der Waals surface area contributed by atoms with E-state index in [2.05, 4.69) is 4.98 Å². The van der Waals surface area contributed by atoms with Gasteiger partial charge in [0.05, 0.1) is 11.2 Å². The molecule has 1 aromatic heterocycles. The van der Waals surface area contributed by atoms with Gasteiger partial charge < -0.3 is 4.98 Å². The molecule has 0 atom stereocenters. The van der Waals surface area contributed by atoms with E-state index in [1.807, 2.05) is 0 Å². The molecule has 1 N–H and O–H groups in total. The number of aromatic amines is 1. The van der Waals surface area contributed by atoms with Crippen molar-refractivity contribution in [3.05, 3.63) is 59.2 Å². The fraction of sp³-hybridized carbons (Fsp3) is 0. The summed E-state index contributed by atoms with van der Waals surface area (Å²) in [7, 11) is 0. The van der Waals surface area contributed by atoms with E-state index in [-0.39, 0.29) is 27.7 Å². The van der Waals surface area contributed by atoms with Crippen LogP contribution in [0.4, 0.5) is 17.6 Å². The summed E-state index contributed by atoms with van der Waals surface area (Å²) in [5.41, 5.74) is -0.457. The minimum Gasteiger partial charge on any atom is -0.351 e. The zero-order valence-corrected chi connectivity index (χ0v) is 10.4. The van der Waals surface area contributed by atoms with E-state index in [4.69, 9.17) is 0 Å². The van der Waals surface area contributed by atoms with Gasteiger partial charge in [-0.15, -0.1) is 0 Å². The molecule has 0 amide bonds. The molecule has 106 valence electrons. The SMILES string of the molecule is O=Cc1c(-c2cc(F)c(F)cc2F)[nH]c2c(F)cccc12. The summed E-state index contributed by atoms with van der Waals surface area (Å²) in [5, 5.41) is 0.240. The van der Waals surface area contributed by atoms with Gasteiger partial charge in [0.25, 0.3) is 0 Å². The minimum absolute atomic E-state index is 0.00117. The zero-order chi connectivity index (χ0) is 15.1. The summed E-state index contributed by atoms with van der Waals surface area (Å²) in [5.74, 6) is -4.29. The highest BCUT2D eigenvalue weighted by atomic mass is 19.2. The average Bonchev–Trinajstić information content (AvgIpc) is 2.82. The Labute approximate surface area is 116 Å². The smallest absolute Gasteiger partial charge is 0.161 e. The van der Waals surface area contributed by atoms with Crippen LogP contribution in [0, 0.1) is 23.3 Å². The van der Waals surface area contributed by atoms with E-state index < -0.39 is 23.3 Å². The van der Waals surface area contributed by atoms with Crippen LogP contribution in [0.25, 0.3) is 22.2 Å². The lowest BCUT2D eigenvalue weighted by atomic mass is 10.1. The molecule has 6 heteroatoms. The maximum Gasteiger partial charge on any atom is 0.161 e. The van der Waals surface area contributed by atoms with Crippen molar-refractivity contribution in [1.82, 2.24) is 4.98 Å². The number of para-hydroxylation sites is 1. The molecule has 0 spiro atoms. The maximum absolute atomic E-state index is 13.8. The van der Waals surface area contributed by atoms with Gasteiger partial charge in [-0.2, -0.15) is 0 Å². The Morgan fingerprint density at radius 3 is 2.33 bits per heavy atom. The van der Waals surface area contributed by atoms with Crippen LogP contribution in [0.1, 0.15) is 10.4 Å². The van der Waals surface area contributed by atoms with Crippen LogP contribution in [0.15, 0.2) is 30.3 Å². The van der Waals surface area contributed by atoms with Gasteiger partial charge in [0.1, 0.15) is 11.6 Å². The van der Waals surface area contributed by atoms with E-state index >= 15 is 0 Å². The molecular formula is C15H7F4NO. The molecule has 0 unspecified atom stereocenters. The third-order valence-electron chi connectivity index (χ3n) is 3.22. The Hall–Kier alpha value is -2.63. The molecule has 1 heterocycles. The van der Waals surface area contributed by atoms with Crippen LogP contribution in [-0.4, -0.2) is 11.3 Å². The number of carbonyl (C=O) groups is 1. The number of aromatic nitrogens is 1. The van der Waals surface area contributed by atoms with Gasteiger partial charge >= 0.3 is 0 Å². The molecule has 0 aliphatic carbocycles. The first kappa shape index (κ1) is 13.4. The van der Waals surface area contributed by atoms with Gasteiger partial charge in [-0.05, 0) is 12.1 Å². The molecule has 3 rings (SSSR count). The molecule has 3 aromatic rings. The number of carbonyl (C=O) groups excluding carboxylic acids is 1. The number of hydrogen-bond donors (Lipinski definition) is 1.